The Kier molecular flexibility index (Phi) is 4.68. The van der Waals surface area contributed by atoms with Gasteiger partial charge in [0.25, 0.3) is 0 Å². The molecule has 0 aliphatic carbocycles. The molecule has 22 heavy (non-hydrogen) atoms. The Labute approximate surface area is 131 Å². The lowest BCUT2D eigenvalue weighted by Crippen LogP contribution is -2.36. The monoisotopic (exact) mass is 297 g/mol. The maximum atomic E-state index is 11.1. The average molecular weight is 297 g/mol. The number of benzene rings is 1. The summed E-state index contributed by atoms with van der Waals surface area (Å²) < 4.78 is 2.24. The van der Waals surface area contributed by atoms with Gasteiger partial charge in [0.05, 0.1) is 6.04 Å². The number of aryl methyl sites for hydroxylation is 2. The summed E-state index contributed by atoms with van der Waals surface area (Å²) >= 11 is 0. The first-order valence-corrected chi connectivity index (χ1v) is 7.98. The minimum Gasteiger partial charge on any atom is -0.333 e. The lowest BCUT2D eigenvalue weighted by atomic mass is 9.92. The van der Waals surface area contributed by atoms with Crippen LogP contribution in [-0.4, -0.2) is 34.3 Å². The molecule has 1 aliphatic rings. The number of carbonyl (C=O) groups is 1. The molecule has 0 amide bonds. The highest BCUT2D eigenvalue weighted by Gasteiger charge is 2.29. The molecule has 2 aromatic rings. The van der Waals surface area contributed by atoms with Crippen LogP contribution in [0.4, 0.5) is 0 Å². The van der Waals surface area contributed by atoms with Crippen molar-refractivity contribution in [1.29, 1.82) is 0 Å². The minimum atomic E-state index is 0.167. The zero-order valence-corrected chi connectivity index (χ0v) is 13.1. The Morgan fingerprint density at radius 1 is 1.32 bits per heavy atom. The molecule has 1 aromatic heterocycles. The number of aldehydes is 1. The number of hydrogen-bond donors (Lipinski definition) is 0. The predicted molar refractivity (Wildman–Crippen MR) is 86.5 cm³/mol. The summed E-state index contributed by atoms with van der Waals surface area (Å²) in [6.45, 7) is 1.88. The van der Waals surface area contributed by atoms with E-state index in [1.54, 1.807) is 0 Å². The van der Waals surface area contributed by atoms with Gasteiger partial charge in [0.1, 0.15) is 12.1 Å². The second-order valence-corrected chi connectivity index (χ2v) is 6.13. The lowest BCUT2D eigenvalue weighted by molar-refractivity contribution is -0.112. The van der Waals surface area contributed by atoms with Crippen LogP contribution in [0.15, 0.2) is 42.7 Å². The van der Waals surface area contributed by atoms with Gasteiger partial charge in [0, 0.05) is 24.9 Å². The molecular formula is C18H23N3O. The Bertz CT molecular complexity index is 608. The highest BCUT2D eigenvalue weighted by Crippen LogP contribution is 2.31. The molecule has 4 heteroatoms. The molecule has 0 saturated carbocycles. The second kappa shape index (κ2) is 6.88. The predicted octanol–water partition coefficient (Wildman–Crippen LogP) is 2.71. The van der Waals surface area contributed by atoms with Crippen LogP contribution < -0.4 is 0 Å². The van der Waals surface area contributed by atoms with Gasteiger partial charge >= 0.3 is 0 Å². The normalized spacial score (nSPS) is 22.6. The number of likely N-dealkylation sites (tertiary alicyclic amines) is 1. The molecule has 0 spiro atoms. The Morgan fingerprint density at radius 3 is 2.91 bits per heavy atom. The molecule has 2 heterocycles. The molecule has 0 N–H and O–H groups in total. The van der Waals surface area contributed by atoms with Crippen LogP contribution in [0, 0.1) is 5.92 Å². The van der Waals surface area contributed by atoms with Crippen molar-refractivity contribution in [3.8, 4) is 0 Å². The minimum absolute atomic E-state index is 0.167. The Hall–Kier alpha value is -1.94. The maximum Gasteiger partial charge on any atom is 0.126 e. The van der Waals surface area contributed by atoms with Gasteiger partial charge in [-0.15, -0.1) is 0 Å². The first kappa shape index (κ1) is 15.0. The number of piperidine rings is 1. The fraction of sp³-hybridized carbons (Fsp3) is 0.444. The van der Waals surface area contributed by atoms with Crippen molar-refractivity contribution in [3.05, 3.63) is 54.1 Å². The fourth-order valence-corrected chi connectivity index (χ4v) is 3.24. The van der Waals surface area contributed by atoms with Gasteiger partial charge < -0.3 is 9.36 Å². The second-order valence-electron chi connectivity index (χ2n) is 6.13. The van der Waals surface area contributed by atoms with E-state index in [1.807, 2.05) is 12.3 Å². The molecular weight excluding hydrogens is 274 g/mol. The highest BCUT2D eigenvalue weighted by atomic mass is 16.1. The molecule has 1 fully saturated rings. The van der Waals surface area contributed by atoms with Gasteiger partial charge in [-0.1, -0.05) is 30.3 Å². The smallest absolute Gasteiger partial charge is 0.126 e. The average Bonchev–Trinajstić information content (AvgIpc) is 3.03. The van der Waals surface area contributed by atoms with Crippen LogP contribution in [0.2, 0.25) is 0 Å². The lowest BCUT2D eigenvalue weighted by Gasteiger charge is -2.35. The zero-order chi connectivity index (χ0) is 15.4. The molecule has 116 valence electrons. The summed E-state index contributed by atoms with van der Waals surface area (Å²) in [4.78, 5) is 18.0. The highest BCUT2D eigenvalue weighted by molar-refractivity contribution is 5.53. The summed E-state index contributed by atoms with van der Waals surface area (Å²) in [5.74, 6) is 1.26. The summed E-state index contributed by atoms with van der Waals surface area (Å²) in [5, 5.41) is 0. The Balaban J connectivity index is 1.72. The third-order valence-electron chi connectivity index (χ3n) is 4.63. The first-order valence-electron chi connectivity index (χ1n) is 7.98. The van der Waals surface area contributed by atoms with Crippen LogP contribution >= 0.6 is 0 Å². The van der Waals surface area contributed by atoms with Crippen molar-refractivity contribution in [2.24, 2.45) is 5.92 Å². The van der Waals surface area contributed by atoms with Gasteiger partial charge in [-0.2, -0.15) is 0 Å². The van der Waals surface area contributed by atoms with Gasteiger partial charge in [0.15, 0.2) is 0 Å². The SMILES string of the molecule is CN1CCC(C=O)CC1c1nccn1CCc1ccccc1. The van der Waals surface area contributed by atoms with Gasteiger partial charge in [-0.05, 0) is 38.4 Å². The Morgan fingerprint density at radius 2 is 2.14 bits per heavy atom. The molecule has 0 bridgehead atoms. The largest absolute Gasteiger partial charge is 0.333 e. The van der Waals surface area contributed by atoms with Crippen molar-refractivity contribution in [3.63, 3.8) is 0 Å². The summed E-state index contributed by atoms with van der Waals surface area (Å²) in [5.41, 5.74) is 1.34. The van der Waals surface area contributed by atoms with Crippen LogP contribution in [0.5, 0.6) is 0 Å². The van der Waals surface area contributed by atoms with Crippen LogP contribution in [0.25, 0.3) is 0 Å². The van der Waals surface area contributed by atoms with Crippen molar-refractivity contribution < 1.29 is 4.79 Å². The van der Waals surface area contributed by atoms with Crippen LogP contribution in [0.3, 0.4) is 0 Å². The quantitative estimate of drug-likeness (QED) is 0.796. The summed E-state index contributed by atoms with van der Waals surface area (Å²) in [6.07, 6.45) is 7.87. The molecule has 2 unspecified atom stereocenters. The van der Waals surface area contributed by atoms with E-state index >= 15 is 0 Å². The number of imidazole rings is 1. The number of hydrogen-bond acceptors (Lipinski definition) is 3. The molecule has 2 atom stereocenters. The number of nitrogens with zero attached hydrogens (tertiary/aromatic N) is 3. The first-order chi connectivity index (χ1) is 10.8. The maximum absolute atomic E-state index is 11.1. The van der Waals surface area contributed by atoms with E-state index in [2.05, 4.69) is 52.0 Å². The molecule has 4 nitrogen and oxygen atoms in total. The number of rotatable bonds is 5. The van der Waals surface area contributed by atoms with E-state index < -0.39 is 0 Å². The van der Waals surface area contributed by atoms with Gasteiger partial charge in [-0.25, -0.2) is 4.98 Å². The van der Waals surface area contributed by atoms with E-state index in [9.17, 15) is 4.79 Å². The summed E-state index contributed by atoms with van der Waals surface area (Å²) in [7, 11) is 2.13. The fourth-order valence-electron chi connectivity index (χ4n) is 3.24. The van der Waals surface area contributed by atoms with Crippen LogP contribution in [0.1, 0.15) is 30.3 Å². The van der Waals surface area contributed by atoms with E-state index in [1.165, 1.54) is 5.56 Å². The zero-order valence-electron chi connectivity index (χ0n) is 13.1. The molecule has 1 aliphatic heterocycles. The third kappa shape index (κ3) is 3.28. The number of aromatic nitrogens is 2. The topological polar surface area (TPSA) is 38.1 Å². The van der Waals surface area contributed by atoms with Crippen molar-refractivity contribution in [2.75, 3.05) is 13.6 Å². The van der Waals surface area contributed by atoms with E-state index in [0.29, 0.717) is 0 Å². The summed E-state index contributed by atoms with van der Waals surface area (Å²) in [6, 6.07) is 10.8. The standard InChI is InChI=1S/C18H23N3O/c1-20-10-7-16(14-22)13-17(20)18-19-9-12-21(18)11-8-15-5-3-2-4-6-15/h2-6,9,12,14,16-17H,7-8,10-11,13H2,1H3. The van der Waals surface area contributed by atoms with Crippen molar-refractivity contribution in [1.82, 2.24) is 14.5 Å². The molecule has 1 saturated heterocycles. The molecule has 3 rings (SSSR count). The van der Waals surface area contributed by atoms with E-state index in [-0.39, 0.29) is 12.0 Å². The van der Waals surface area contributed by atoms with Crippen LogP contribution in [-0.2, 0) is 17.8 Å². The molecule has 1 aromatic carbocycles. The van der Waals surface area contributed by atoms with Gasteiger partial charge in [0.2, 0.25) is 0 Å². The third-order valence-corrected chi connectivity index (χ3v) is 4.63. The number of carbonyl (C=O) groups excluding carboxylic acids is 1. The van der Waals surface area contributed by atoms with E-state index in [4.69, 9.17) is 0 Å². The van der Waals surface area contributed by atoms with Crippen molar-refractivity contribution >= 4 is 6.29 Å². The van der Waals surface area contributed by atoms with Gasteiger partial charge in [-0.3, -0.25) is 4.90 Å². The molecule has 0 radical (unpaired) electrons. The van der Waals surface area contributed by atoms with Crippen molar-refractivity contribution in [2.45, 2.75) is 31.8 Å². The van der Waals surface area contributed by atoms with E-state index in [0.717, 1.165) is 44.5 Å².